The largest absolute Gasteiger partial charge is 0.465 e. The van der Waals surface area contributed by atoms with Crippen molar-refractivity contribution >= 4 is 28.4 Å². The van der Waals surface area contributed by atoms with E-state index >= 15 is 0 Å². The minimum absolute atomic E-state index is 0.119. The summed E-state index contributed by atoms with van der Waals surface area (Å²) in [5, 5.41) is -0.927. The van der Waals surface area contributed by atoms with Crippen LogP contribution in [0.3, 0.4) is 0 Å². The van der Waals surface area contributed by atoms with Crippen molar-refractivity contribution in [2.45, 2.75) is 24.0 Å². The van der Waals surface area contributed by atoms with E-state index in [4.69, 9.17) is 16.3 Å². The Labute approximate surface area is 106 Å². The highest BCUT2D eigenvalue weighted by Crippen LogP contribution is 2.20. The molecule has 2 unspecified atom stereocenters. The normalized spacial score (nSPS) is 14.1. The van der Waals surface area contributed by atoms with Gasteiger partial charge in [-0.1, -0.05) is 11.6 Å². The van der Waals surface area contributed by atoms with Crippen LogP contribution in [0.2, 0.25) is 5.02 Å². The van der Waals surface area contributed by atoms with Crippen molar-refractivity contribution in [2.24, 2.45) is 0 Å². The lowest BCUT2D eigenvalue weighted by molar-refractivity contribution is -0.142. The monoisotopic (exact) mass is 278 g/mol. The Bertz CT molecular complexity index is 450. The molecule has 94 valence electrons. The van der Waals surface area contributed by atoms with E-state index in [9.17, 15) is 13.4 Å². The van der Waals surface area contributed by atoms with Gasteiger partial charge in [-0.05, 0) is 32.0 Å². The predicted octanol–water partition coefficient (Wildman–Crippen LogP) is 2.54. The molecule has 2 atom stereocenters. The zero-order chi connectivity index (χ0) is 13.0. The molecule has 17 heavy (non-hydrogen) atoms. The molecule has 0 N–H and O–H groups in total. The summed E-state index contributed by atoms with van der Waals surface area (Å²) in [5.41, 5.74) is 0. The summed E-state index contributed by atoms with van der Waals surface area (Å²) in [6.45, 7) is 3.39. The molecule has 0 saturated carbocycles. The number of carbonyl (C=O) groups is 1. The molecule has 0 aromatic heterocycles. The Morgan fingerprint density at radius 2 is 2.24 bits per heavy atom. The zero-order valence-electron chi connectivity index (χ0n) is 9.41. The molecule has 0 aliphatic rings. The molecule has 0 bridgehead atoms. The fourth-order valence-electron chi connectivity index (χ4n) is 1.15. The van der Waals surface area contributed by atoms with Gasteiger partial charge in [-0.3, -0.25) is 9.00 Å². The van der Waals surface area contributed by atoms with E-state index in [1.807, 2.05) is 0 Å². The molecule has 1 aromatic rings. The van der Waals surface area contributed by atoms with Gasteiger partial charge in [0.25, 0.3) is 0 Å². The van der Waals surface area contributed by atoms with Crippen LogP contribution in [0.5, 0.6) is 0 Å². The number of hydrogen-bond acceptors (Lipinski definition) is 3. The van der Waals surface area contributed by atoms with E-state index in [1.54, 1.807) is 6.92 Å². The summed E-state index contributed by atoms with van der Waals surface area (Å²) >= 11 is 5.58. The second-order valence-electron chi connectivity index (χ2n) is 3.27. The fourth-order valence-corrected chi connectivity index (χ4v) is 2.49. The average Bonchev–Trinajstić information content (AvgIpc) is 2.31. The number of halogens is 2. The maximum absolute atomic E-state index is 12.9. The second kappa shape index (κ2) is 6.12. The van der Waals surface area contributed by atoms with Crippen molar-refractivity contribution in [1.29, 1.82) is 0 Å². The van der Waals surface area contributed by atoms with Crippen molar-refractivity contribution in [3.63, 3.8) is 0 Å². The lowest BCUT2D eigenvalue weighted by atomic mass is 10.3. The van der Waals surface area contributed by atoms with Crippen LogP contribution in [0.15, 0.2) is 23.1 Å². The summed E-state index contributed by atoms with van der Waals surface area (Å²) in [7, 11) is -1.60. The van der Waals surface area contributed by atoms with Gasteiger partial charge >= 0.3 is 5.97 Å². The fraction of sp³-hybridized carbons (Fsp3) is 0.364. The van der Waals surface area contributed by atoms with Gasteiger partial charge in [0.15, 0.2) is 0 Å². The first kappa shape index (κ1) is 14.1. The summed E-state index contributed by atoms with van der Waals surface area (Å²) in [4.78, 5) is 11.7. The smallest absolute Gasteiger partial charge is 0.321 e. The highest BCUT2D eigenvalue weighted by atomic mass is 35.5. The van der Waals surface area contributed by atoms with Crippen LogP contribution in [0.4, 0.5) is 4.39 Å². The van der Waals surface area contributed by atoms with Crippen molar-refractivity contribution in [3.05, 3.63) is 29.0 Å². The van der Waals surface area contributed by atoms with Gasteiger partial charge in [0.05, 0.1) is 22.4 Å². The number of carbonyl (C=O) groups excluding carboxylic acids is 1. The quantitative estimate of drug-likeness (QED) is 0.795. The summed E-state index contributed by atoms with van der Waals surface area (Å²) in [5.74, 6) is -1.14. The molecule has 6 heteroatoms. The molecular formula is C11H12ClFO3S. The molecule has 0 fully saturated rings. The van der Waals surface area contributed by atoms with Crippen LogP contribution in [0.25, 0.3) is 0 Å². The van der Waals surface area contributed by atoms with Crippen LogP contribution < -0.4 is 0 Å². The van der Waals surface area contributed by atoms with Gasteiger partial charge in [-0.15, -0.1) is 0 Å². The van der Waals surface area contributed by atoms with E-state index in [2.05, 4.69) is 0 Å². The summed E-state index contributed by atoms with van der Waals surface area (Å²) < 4.78 is 29.6. The van der Waals surface area contributed by atoms with Gasteiger partial charge in [0.1, 0.15) is 11.1 Å². The van der Waals surface area contributed by atoms with E-state index in [-0.39, 0.29) is 11.6 Å². The highest BCUT2D eigenvalue weighted by Gasteiger charge is 2.23. The first-order valence-corrected chi connectivity index (χ1v) is 6.58. The molecule has 1 rings (SSSR count). The molecule has 3 nitrogen and oxygen atoms in total. The van der Waals surface area contributed by atoms with Crippen LogP contribution in [0.1, 0.15) is 13.8 Å². The van der Waals surface area contributed by atoms with E-state index in [0.29, 0.717) is 4.90 Å². The first-order chi connectivity index (χ1) is 7.97. The van der Waals surface area contributed by atoms with Crippen LogP contribution in [-0.4, -0.2) is 22.0 Å². The maximum atomic E-state index is 12.9. The molecule has 0 heterocycles. The predicted molar refractivity (Wildman–Crippen MR) is 63.9 cm³/mol. The third kappa shape index (κ3) is 3.51. The van der Waals surface area contributed by atoms with Crippen molar-refractivity contribution < 1.29 is 18.1 Å². The number of benzene rings is 1. The molecule has 0 amide bonds. The van der Waals surface area contributed by atoms with Crippen molar-refractivity contribution in [1.82, 2.24) is 0 Å². The number of ether oxygens (including phenoxy) is 1. The number of rotatable bonds is 4. The first-order valence-electron chi connectivity index (χ1n) is 4.99. The third-order valence-electron chi connectivity index (χ3n) is 2.06. The Morgan fingerprint density at radius 3 is 2.76 bits per heavy atom. The van der Waals surface area contributed by atoms with Crippen molar-refractivity contribution in [3.8, 4) is 0 Å². The Kier molecular flexibility index (Phi) is 5.08. The Balaban J connectivity index is 2.89. The topological polar surface area (TPSA) is 43.4 Å². The minimum Gasteiger partial charge on any atom is -0.465 e. The summed E-state index contributed by atoms with van der Waals surface area (Å²) in [6, 6.07) is 3.71. The van der Waals surface area contributed by atoms with Gasteiger partial charge in [0, 0.05) is 4.90 Å². The maximum Gasteiger partial charge on any atom is 0.321 e. The Morgan fingerprint density at radius 1 is 1.59 bits per heavy atom. The summed E-state index contributed by atoms with van der Waals surface area (Å²) in [6.07, 6.45) is 0. The van der Waals surface area contributed by atoms with E-state index in [1.165, 1.54) is 19.1 Å². The number of esters is 1. The third-order valence-corrected chi connectivity index (χ3v) is 3.91. The lowest BCUT2D eigenvalue weighted by Gasteiger charge is -2.10. The van der Waals surface area contributed by atoms with Crippen molar-refractivity contribution in [2.75, 3.05) is 6.61 Å². The SMILES string of the molecule is CCOC(=O)C(C)S(=O)c1ccc(F)c(Cl)c1. The standard InChI is InChI=1S/C11H12ClFO3S/c1-3-16-11(14)7(2)17(15)8-4-5-10(13)9(12)6-8/h4-7H,3H2,1-2H3. The molecule has 0 radical (unpaired) electrons. The lowest BCUT2D eigenvalue weighted by Crippen LogP contribution is -2.25. The van der Waals surface area contributed by atoms with Crippen LogP contribution in [-0.2, 0) is 20.3 Å². The van der Waals surface area contributed by atoms with Crippen LogP contribution in [0, 0.1) is 5.82 Å². The molecule has 0 aliphatic carbocycles. The van der Waals surface area contributed by atoms with Gasteiger partial charge in [-0.25, -0.2) is 4.39 Å². The second-order valence-corrected chi connectivity index (χ2v) is 5.45. The molecule has 0 spiro atoms. The van der Waals surface area contributed by atoms with Gasteiger partial charge in [0.2, 0.25) is 0 Å². The molecule has 0 saturated heterocycles. The van der Waals surface area contributed by atoms with E-state index < -0.39 is 27.8 Å². The molecule has 0 aliphatic heterocycles. The minimum atomic E-state index is -1.60. The zero-order valence-corrected chi connectivity index (χ0v) is 11.0. The van der Waals surface area contributed by atoms with Gasteiger partial charge in [-0.2, -0.15) is 0 Å². The molecule has 1 aromatic carbocycles. The Hall–Kier alpha value is -0.940. The number of hydrogen-bond donors (Lipinski definition) is 0. The van der Waals surface area contributed by atoms with Gasteiger partial charge < -0.3 is 4.74 Å². The van der Waals surface area contributed by atoms with Crippen LogP contribution >= 0.6 is 11.6 Å². The average molecular weight is 279 g/mol. The highest BCUT2D eigenvalue weighted by molar-refractivity contribution is 7.86. The molecular weight excluding hydrogens is 267 g/mol. The van der Waals surface area contributed by atoms with E-state index in [0.717, 1.165) is 6.07 Å².